The van der Waals surface area contributed by atoms with Crippen LogP contribution in [0.4, 0.5) is 0 Å². The zero-order chi connectivity index (χ0) is 13.5. The molecule has 0 saturated heterocycles. The summed E-state index contributed by atoms with van der Waals surface area (Å²) in [6.07, 6.45) is 6.03. The van der Waals surface area contributed by atoms with Gasteiger partial charge >= 0.3 is 0 Å². The minimum atomic E-state index is 0.566. The van der Waals surface area contributed by atoms with Crippen LogP contribution >= 0.6 is 15.9 Å². The largest absolute Gasteiger partial charge is 0.314 e. The molecular formula is C14H26BrN3. The first-order valence-electron chi connectivity index (χ1n) is 7.01. The van der Waals surface area contributed by atoms with Gasteiger partial charge in [-0.05, 0) is 42.2 Å². The highest BCUT2D eigenvalue weighted by Crippen LogP contribution is 2.22. The minimum Gasteiger partial charge on any atom is -0.314 e. The Labute approximate surface area is 119 Å². The summed E-state index contributed by atoms with van der Waals surface area (Å²) < 4.78 is 3.18. The molecule has 1 rings (SSSR count). The van der Waals surface area contributed by atoms with Crippen molar-refractivity contribution in [1.82, 2.24) is 15.1 Å². The molecule has 1 N–H and O–H groups in total. The maximum Gasteiger partial charge on any atom is 0.0738 e. The van der Waals surface area contributed by atoms with Crippen molar-refractivity contribution in [3.63, 3.8) is 0 Å². The second kappa shape index (κ2) is 7.95. The lowest BCUT2D eigenvalue weighted by molar-refractivity contribution is 0.451. The van der Waals surface area contributed by atoms with E-state index in [1.807, 2.05) is 18.7 Å². The summed E-state index contributed by atoms with van der Waals surface area (Å²) in [4.78, 5) is 0. The van der Waals surface area contributed by atoms with E-state index in [4.69, 9.17) is 0 Å². The van der Waals surface area contributed by atoms with Crippen molar-refractivity contribution in [2.45, 2.75) is 58.9 Å². The predicted octanol–water partition coefficient (Wildman–Crippen LogP) is 3.59. The Morgan fingerprint density at radius 2 is 2.06 bits per heavy atom. The van der Waals surface area contributed by atoms with Crippen LogP contribution in [0.2, 0.25) is 0 Å². The Kier molecular flexibility index (Phi) is 6.94. The number of rotatable bonds is 8. The Morgan fingerprint density at radius 3 is 2.56 bits per heavy atom. The Hall–Kier alpha value is -0.350. The maximum atomic E-state index is 4.47. The second-order valence-electron chi connectivity index (χ2n) is 4.97. The van der Waals surface area contributed by atoms with E-state index in [2.05, 4.69) is 40.2 Å². The molecule has 104 valence electrons. The summed E-state index contributed by atoms with van der Waals surface area (Å²) in [6, 6.07) is 0.566. The van der Waals surface area contributed by atoms with Gasteiger partial charge in [0.15, 0.2) is 0 Å². The van der Waals surface area contributed by atoms with Gasteiger partial charge < -0.3 is 5.32 Å². The van der Waals surface area contributed by atoms with Crippen LogP contribution in [0, 0.1) is 6.92 Å². The number of nitrogens with one attached hydrogen (secondary N) is 1. The zero-order valence-corrected chi connectivity index (χ0v) is 13.7. The van der Waals surface area contributed by atoms with Crippen LogP contribution in [0.5, 0.6) is 0 Å². The van der Waals surface area contributed by atoms with E-state index < -0.39 is 0 Å². The van der Waals surface area contributed by atoms with Gasteiger partial charge in [-0.15, -0.1) is 0 Å². The van der Waals surface area contributed by atoms with Gasteiger partial charge in [-0.1, -0.05) is 26.7 Å². The molecule has 1 unspecified atom stereocenters. The van der Waals surface area contributed by atoms with Crippen molar-refractivity contribution in [3.05, 3.63) is 15.9 Å². The van der Waals surface area contributed by atoms with Crippen molar-refractivity contribution >= 4 is 15.9 Å². The summed E-state index contributed by atoms with van der Waals surface area (Å²) >= 11 is 3.65. The van der Waals surface area contributed by atoms with Gasteiger partial charge in [0.1, 0.15) is 0 Å². The monoisotopic (exact) mass is 315 g/mol. The van der Waals surface area contributed by atoms with Crippen molar-refractivity contribution in [1.29, 1.82) is 0 Å². The summed E-state index contributed by atoms with van der Waals surface area (Å²) in [5.74, 6) is 0. The molecule has 4 heteroatoms. The number of hydrogen-bond donors (Lipinski definition) is 1. The van der Waals surface area contributed by atoms with Gasteiger partial charge in [-0.25, -0.2) is 0 Å². The molecule has 1 aromatic rings. The second-order valence-corrected chi connectivity index (χ2v) is 5.76. The SMILES string of the molecule is CCCCC(Cc1c(Br)c(C)nn1C)NCCC. The number of aryl methyl sites for hydroxylation is 2. The molecule has 0 aliphatic carbocycles. The molecule has 0 amide bonds. The average molecular weight is 316 g/mol. The van der Waals surface area contributed by atoms with Gasteiger partial charge in [0.25, 0.3) is 0 Å². The van der Waals surface area contributed by atoms with Crippen LogP contribution in [-0.2, 0) is 13.5 Å². The summed E-state index contributed by atoms with van der Waals surface area (Å²) in [7, 11) is 2.03. The number of aromatic nitrogens is 2. The van der Waals surface area contributed by atoms with Crippen molar-refractivity contribution < 1.29 is 0 Å². The molecule has 18 heavy (non-hydrogen) atoms. The maximum absolute atomic E-state index is 4.47. The van der Waals surface area contributed by atoms with Crippen LogP contribution in [0.1, 0.15) is 50.9 Å². The normalized spacial score (nSPS) is 12.9. The van der Waals surface area contributed by atoms with Crippen LogP contribution in [0.3, 0.4) is 0 Å². The topological polar surface area (TPSA) is 29.9 Å². The summed E-state index contributed by atoms with van der Waals surface area (Å²) in [6.45, 7) is 7.62. The molecule has 1 atom stereocenters. The highest BCUT2D eigenvalue weighted by atomic mass is 79.9. The average Bonchev–Trinajstić information content (AvgIpc) is 2.58. The lowest BCUT2D eigenvalue weighted by Gasteiger charge is -2.18. The van der Waals surface area contributed by atoms with E-state index in [0.29, 0.717) is 6.04 Å². The smallest absolute Gasteiger partial charge is 0.0738 e. The van der Waals surface area contributed by atoms with Crippen LogP contribution in [0.25, 0.3) is 0 Å². The molecule has 0 spiro atoms. The molecular weight excluding hydrogens is 290 g/mol. The fraction of sp³-hybridized carbons (Fsp3) is 0.786. The first-order chi connectivity index (χ1) is 8.60. The summed E-state index contributed by atoms with van der Waals surface area (Å²) in [5.41, 5.74) is 2.38. The molecule has 0 bridgehead atoms. The molecule has 0 saturated carbocycles. The quantitative estimate of drug-likeness (QED) is 0.794. The van der Waals surface area contributed by atoms with E-state index in [0.717, 1.165) is 18.7 Å². The highest BCUT2D eigenvalue weighted by molar-refractivity contribution is 9.10. The number of hydrogen-bond acceptors (Lipinski definition) is 2. The lowest BCUT2D eigenvalue weighted by atomic mass is 10.0. The molecule has 3 nitrogen and oxygen atoms in total. The number of unbranched alkanes of at least 4 members (excludes halogenated alkanes) is 1. The third kappa shape index (κ3) is 4.39. The van der Waals surface area contributed by atoms with E-state index in [-0.39, 0.29) is 0 Å². The van der Waals surface area contributed by atoms with Crippen LogP contribution < -0.4 is 5.32 Å². The third-order valence-electron chi connectivity index (χ3n) is 3.29. The van der Waals surface area contributed by atoms with Gasteiger partial charge in [-0.3, -0.25) is 4.68 Å². The Bertz CT molecular complexity index is 352. The number of nitrogens with zero attached hydrogens (tertiary/aromatic N) is 2. The first kappa shape index (κ1) is 15.7. The molecule has 1 aromatic heterocycles. The predicted molar refractivity (Wildman–Crippen MR) is 81.0 cm³/mol. The van der Waals surface area contributed by atoms with Gasteiger partial charge in [0, 0.05) is 19.5 Å². The lowest BCUT2D eigenvalue weighted by Crippen LogP contribution is -2.32. The number of halogens is 1. The molecule has 1 heterocycles. The summed E-state index contributed by atoms with van der Waals surface area (Å²) in [5, 5.41) is 8.12. The van der Waals surface area contributed by atoms with E-state index >= 15 is 0 Å². The van der Waals surface area contributed by atoms with Crippen molar-refractivity contribution in [3.8, 4) is 0 Å². The standard InChI is InChI=1S/C14H26BrN3/c1-5-7-8-12(16-9-6-2)10-13-14(15)11(3)17-18(13)4/h12,16H,5-10H2,1-4H3. The van der Waals surface area contributed by atoms with E-state index in [1.54, 1.807) is 0 Å². The molecule has 0 aromatic carbocycles. The van der Waals surface area contributed by atoms with Crippen molar-refractivity contribution in [2.24, 2.45) is 7.05 Å². The fourth-order valence-corrected chi connectivity index (χ4v) is 2.71. The molecule has 0 radical (unpaired) electrons. The zero-order valence-electron chi connectivity index (χ0n) is 12.1. The van der Waals surface area contributed by atoms with Gasteiger partial charge in [0.2, 0.25) is 0 Å². The minimum absolute atomic E-state index is 0.566. The first-order valence-corrected chi connectivity index (χ1v) is 7.80. The van der Waals surface area contributed by atoms with Crippen LogP contribution in [-0.4, -0.2) is 22.4 Å². The van der Waals surface area contributed by atoms with Gasteiger partial charge in [0.05, 0.1) is 15.9 Å². The van der Waals surface area contributed by atoms with Crippen molar-refractivity contribution in [2.75, 3.05) is 6.54 Å². The van der Waals surface area contributed by atoms with E-state index in [1.165, 1.54) is 35.8 Å². The van der Waals surface area contributed by atoms with Gasteiger partial charge in [-0.2, -0.15) is 5.10 Å². The Morgan fingerprint density at radius 1 is 1.33 bits per heavy atom. The highest BCUT2D eigenvalue weighted by Gasteiger charge is 2.15. The molecule has 0 aliphatic heterocycles. The van der Waals surface area contributed by atoms with Crippen LogP contribution in [0.15, 0.2) is 4.47 Å². The Balaban J connectivity index is 2.68. The van der Waals surface area contributed by atoms with E-state index in [9.17, 15) is 0 Å². The molecule has 0 fully saturated rings. The fourth-order valence-electron chi connectivity index (χ4n) is 2.21. The molecule has 0 aliphatic rings. The third-order valence-corrected chi connectivity index (χ3v) is 4.32.